The monoisotopic (exact) mass is 381 g/mol. The van der Waals surface area contributed by atoms with Gasteiger partial charge in [-0.2, -0.15) is 0 Å². The number of hydrogen-bond donors (Lipinski definition) is 4. The van der Waals surface area contributed by atoms with Crippen molar-refractivity contribution in [2.45, 2.75) is 37.8 Å². The van der Waals surface area contributed by atoms with Crippen molar-refractivity contribution < 1.29 is 14.7 Å². The van der Waals surface area contributed by atoms with Crippen LogP contribution in [0, 0.1) is 0 Å². The topological polar surface area (TPSA) is 120 Å². The fraction of sp³-hybridized carbons (Fsp3) is 0.429. The molecule has 2 heterocycles. The number of carbonyl (C=O) groups excluding carboxylic acids is 1. The summed E-state index contributed by atoms with van der Waals surface area (Å²) in [4.78, 5) is 34.6. The summed E-state index contributed by atoms with van der Waals surface area (Å²) in [6, 6.07) is -0.179. The Morgan fingerprint density at radius 1 is 1.30 bits per heavy atom. The van der Waals surface area contributed by atoms with Gasteiger partial charge in [0.15, 0.2) is 5.65 Å². The first kappa shape index (κ1) is 15.7. The van der Waals surface area contributed by atoms with Gasteiger partial charge in [0.05, 0.1) is 11.8 Å². The number of aromatic amines is 1. The molecule has 1 aliphatic carbocycles. The minimum absolute atomic E-state index is 0.0573. The second-order valence-corrected chi connectivity index (χ2v) is 6.39. The van der Waals surface area contributed by atoms with Gasteiger partial charge in [-0.25, -0.2) is 14.8 Å². The molecule has 9 heteroatoms. The molecular weight excluding hydrogens is 366 g/mol. The van der Waals surface area contributed by atoms with Crippen molar-refractivity contribution in [2.24, 2.45) is 0 Å². The van der Waals surface area contributed by atoms with Crippen LogP contribution in [0.3, 0.4) is 0 Å². The first-order valence-corrected chi connectivity index (χ1v) is 8.12. The maximum atomic E-state index is 12.5. The van der Waals surface area contributed by atoms with Gasteiger partial charge in [0.2, 0.25) is 0 Å². The molecule has 2 unspecified atom stereocenters. The second-order valence-electron chi connectivity index (χ2n) is 5.58. The molecule has 8 nitrogen and oxygen atoms in total. The van der Waals surface area contributed by atoms with E-state index >= 15 is 0 Å². The lowest BCUT2D eigenvalue weighted by Crippen LogP contribution is -2.45. The molecule has 4 N–H and O–H groups in total. The molecule has 0 spiro atoms. The van der Waals surface area contributed by atoms with E-state index in [1.807, 2.05) is 0 Å². The summed E-state index contributed by atoms with van der Waals surface area (Å²) in [6.45, 7) is 0. The lowest BCUT2D eigenvalue weighted by molar-refractivity contribution is 0.0925. The van der Waals surface area contributed by atoms with Crippen LogP contribution in [0.5, 0.6) is 0 Å². The Balaban J connectivity index is 1.70. The quantitative estimate of drug-likeness (QED) is 0.648. The van der Waals surface area contributed by atoms with E-state index in [0.717, 1.165) is 19.3 Å². The smallest absolute Gasteiger partial charge is 0.404 e. The number of carboxylic acid groups (broad SMARTS) is 1. The van der Waals surface area contributed by atoms with Gasteiger partial charge < -0.3 is 20.7 Å². The number of hydrogen-bond acceptors (Lipinski definition) is 4. The van der Waals surface area contributed by atoms with Gasteiger partial charge in [-0.1, -0.05) is 0 Å². The van der Waals surface area contributed by atoms with Gasteiger partial charge in [-0.05, 0) is 41.6 Å². The summed E-state index contributed by atoms with van der Waals surface area (Å²) in [6.07, 6.45) is 5.21. The zero-order valence-corrected chi connectivity index (χ0v) is 13.8. The van der Waals surface area contributed by atoms with Crippen LogP contribution in [-0.2, 0) is 0 Å². The van der Waals surface area contributed by atoms with E-state index in [0.29, 0.717) is 27.8 Å². The fourth-order valence-corrected chi connectivity index (χ4v) is 3.21. The molecule has 3 rings (SSSR count). The van der Waals surface area contributed by atoms with Gasteiger partial charge in [-0.3, -0.25) is 4.79 Å². The molecule has 0 saturated heterocycles. The van der Waals surface area contributed by atoms with Crippen molar-refractivity contribution in [3.63, 3.8) is 0 Å². The number of carbonyl (C=O) groups is 2. The van der Waals surface area contributed by atoms with Crippen molar-refractivity contribution in [2.75, 3.05) is 0 Å². The van der Waals surface area contributed by atoms with Crippen molar-refractivity contribution in [3.05, 3.63) is 22.6 Å². The summed E-state index contributed by atoms with van der Waals surface area (Å²) < 4.78 is 0.557. The summed E-state index contributed by atoms with van der Waals surface area (Å²) >= 11 is 3.25. The molecule has 1 saturated carbocycles. The van der Waals surface area contributed by atoms with Gasteiger partial charge >= 0.3 is 6.09 Å². The molecule has 1 aliphatic rings. The maximum absolute atomic E-state index is 12.5. The van der Waals surface area contributed by atoms with Crippen LogP contribution in [0.15, 0.2) is 17.0 Å². The third kappa shape index (κ3) is 3.61. The van der Waals surface area contributed by atoms with Crippen molar-refractivity contribution in [1.82, 2.24) is 25.6 Å². The molecule has 2 aromatic rings. The molecule has 1 fully saturated rings. The highest BCUT2D eigenvalue weighted by atomic mass is 79.9. The van der Waals surface area contributed by atoms with Gasteiger partial charge in [0, 0.05) is 18.3 Å². The second kappa shape index (κ2) is 6.53. The Hall–Kier alpha value is -2.16. The largest absolute Gasteiger partial charge is 0.465 e. The molecule has 2 aromatic heterocycles. The molecule has 0 aromatic carbocycles. The number of halogens is 1. The zero-order valence-electron chi connectivity index (χ0n) is 12.2. The molecular formula is C14H16BrN5O3. The number of H-pyrrole nitrogens is 1. The minimum atomic E-state index is -1.03. The summed E-state index contributed by atoms with van der Waals surface area (Å²) in [5.41, 5.74) is 1.49. The number of fused-ring (bicyclic) bond motifs is 1. The Bertz CT molecular complexity index is 747. The van der Waals surface area contributed by atoms with Gasteiger partial charge in [0.1, 0.15) is 10.1 Å². The maximum Gasteiger partial charge on any atom is 0.404 e. The normalized spacial score (nSPS) is 21.1. The highest BCUT2D eigenvalue weighted by molar-refractivity contribution is 9.10. The SMILES string of the molecule is O=C(O)NC1CCCC(NC(=O)c2c[nH]c3ncc(Br)nc23)C1. The van der Waals surface area contributed by atoms with Crippen molar-refractivity contribution in [1.29, 1.82) is 0 Å². The average Bonchev–Trinajstić information content (AvgIpc) is 2.89. The Morgan fingerprint density at radius 3 is 2.78 bits per heavy atom. The zero-order chi connectivity index (χ0) is 16.4. The molecule has 0 aliphatic heterocycles. The number of nitrogens with zero attached hydrogens (tertiary/aromatic N) is 2. The van der Waals surface area contributed by atoms with E-state index in [4.69, 9.17) is 5.11 Å². The van der Waals surface area contributed by atoms with Gasteiger partial charge in [-0.15, -0.1) is 0 Å². The number of rotatable bonds is 3. The summed E-state index contributed by atoms with van der Waals surface area (Å²) in [7, 11) is 0. The van der Waals surface area contributed by atoms with Crippen molar-refractivity contribution in [3.8, 4) is 0 Å². The highest BCUT2D eigenvalue weighted by Crippen LogP contribution is 2.21. The third-order valence-corrected chi connectivity index (χ3v) is 4.32. The van der Waals surface area contributed by atoms with E-state index in [9.17, 15) is 9.59 Å². The predicted octanol–water partition coefficient (Wildman–Crippen LogP) is 2.03. The van der Waals surface area contributed by atoms with E-state index in [2.05, 4.69) is 41.5 Å². The van der Waals surface area contributed by atoms with Gasteiger partial charge in [0.25, 0.3) is 5.91 Å². The summed E-state index contributed by atoms with van der Waals surface area (Å²) in [5, 5.41) is 14.3. The highest BCUT2D eigenvalue weighted by Gasteiger charge is 2.25. The molecule has 122 valence electrons. The van der Waals surface area contributed by atoms with Crippen LogP contribution in [0.2, 0.25) is 0 Å². The minimum Gasteiger partial charge on any atom is -0.465 e. The van der Waals surface area contributed by atoms with E-state index in [1.165, 1.54) is 0 Å². The molecule has 0 radical (unpaired) electrons. The van der Waals surface area contributed by atoms with E-state index < -0.39 is 6.09 Å². The third-order valence-electron chi connectivity index (χ3n) is 3.93. The lowest BCUT2D eigenvalue weighted by Gasteiger charge is -2.29. The standard InChI is InChI=1S/C14H16BrN5O3/c15-10-6-17-12-11(20-10)9(5-16-12)13(21)18-7-2-1-3-8(4-7)19-14(22)23/h5-8,19H,1-4H2,(H,16,17)(H,18,21)(H,22,23). The van der Waals surface area contributed by atoms with Crippen LogP contribution in [0.1, 0.15) is 36.0 Å². The molecule has 2 amide bonds. The van der Waals surface area contributed by atoms with Crippen LogP contribution in [0.4, 0.5) is 4.79 Å². The molecule has 23 heavy (non-hydrogen) atoms. The summed E-state index contributed by atoms with van der Waals surface area (Å²) in [5.74, 6) is -0.232. The molecule has 2 atom stereocenters. The first-order valence-electron chi connectivity index (χ1n) is 7.33. The average molecular weight is 382 g/mol. The fourth-order valence-electron chi connectivity index (χ4n) is 2.93. The van der Waals surface area contributed by atoms with E-state index in [1.54, 1.807) is 12.4 Å². The number of nitrogens with one attached hydrogen (secondary N) is 3. The van der Waals surface area contributed by atoms with E-state index in [-0.39, 0.29) is 18.0 Å². The first-order chi connectivity index (χ1) is 11.0. The lowest BCUT2D eigenvalue weighted by atomic mass is 9.91. The van der Waals surface area contributed by atoms with Crippen molar-refractivity contribution >= 4 is 39.1 Å². The number of aromatic nitrogens is 3. The Labute approximate surface area is 140 Å². The Morgan fingerprint density at radius 2 is 2.04 bits per heavy atom. The number of amides is 2. The molecule has 0 bridgehead atoms. The van der Waals surface area contributed by atoms with Crippen LogP contribution >= 0.6 is 15.9 Å². The van der Waals surface area contributed by atoms with Crippen LogP contribution in [0.25, 0.3) is 11.2 Å². The van der Waals surface area contributed by atoms with Crippen LogP contribution < -0.4 is 10.6 Å². The van der Waals surface area contributed by atoms with Crippen LogP contribution in [-0.4, -0.2) is 44.1 Å². The Kier molecular flexibility index (Phi) is 4.46. The predicted molar refractivity (Wildman–Crippen MR) is 86.3 cm³/mol.